The molecule has 3 nitrogen and oxygen atoms in total. The van der Waals surface area contributed by atoms with Crippen LogP contribution in [-0.2, 0) is 0 Å². The Morgan fingerprint density at radius 1 is 1.23 bits per heavy atom. The zero-order valence-electron chi connectivity index (χ0n) is 8.21. The van der Waals surface area contributed by atoms with Gasteiger partial charge >= 0.3 is 7.12 Å². The molecule has 4 heteroatoms. The zero-order valence-corrected chi connectivity index (χ0v) is 8.21. The molecule has 0 amide bonds. The lowest BCUT2D eigenvalue weighted by molar-refractivity contribution is 0.368. The van der Waals surface area contributed by atoms with Gasteiger partial charge in [-0.1, -0.05) is 19.3 Å². The van der Waals surface area contributed by atoms with Crippen LogP contribution in [0.5, 0.6) is 0 Å². The normalized spacial score (nSPS) is 23.1. The van der Waals surface area contributed by atoms with E-state index in [4.69, 9.17) is 10.0 Å². The zero-order chi connectivity index (χ0) is 9.52. The topological polar surface area (TPSA) is 52.5 Å². The maximum Gasteiger partial charge on any atom is 0.451 e. The summed E-state index contributed by atoms with van der Waals surface area (Å²) in [5.74, 6) is 0. The largest absolute Gasteiger partial charge is 0.451 e. The molecule has 3 N–H and O–H groups in total. The maximum absolute atomic E-state index is 8.63. The summed E-state index contributed by atoms with van der Waals surface area (Å²) < 4.78 is 0. The Kier molecular flexibility index (Phi) is 5.43. The molecule has 0 bridgehead atoms. The molecule has 1 heterocycles. The lowest BCUT2D eigenvalue weighted by atomic mass is 9.83. The molecule has 0 aromatic carbocycles. The molecular weight excluding hydrogens is 165 g/mol. The van der Waals surface area contributed by atoms with Crippen LogP contribution in [0.1, 0.15) is 38.5 Å². The van der Waals surface area contributed by atoms with Crippen LogP contribution in [-0.4, -0.2) is 29.8 Å². The van der Waals surface area contributed by atoms with Gasteiger partial charge in [0.15, 0.2) is 0 Å². The first-order chi connectivity index (χ1) is 6.29. The molecule has 13 heavy (non-hydrogen) atoms. The van der Waals surface area contributed by atoms with E-state index in [9.17, 15) is 0 Å². The van der Waals surface area contributed by atoms with E-state index in [1.165, 1.54) is 25.7 Å². The van der Waals surface area contributed by atoms with Gasteiger partial charge in [-0.3, -0.25) is 0 Å². The highest BCUT2D eigenvalue weighted by Gasteiger charge is 2.12. The van der Waals surface area contributed by atoms with Crippen molar-refractivity contribution in [1.29, 1.82) is 0 Å². The monoisotopic (exact) mass is 185 g/mol. The lowest BCUT2D eigenvalue weighted by Gasteiger charge is -2.23. The average molecular weight is 185 g/mol. The highest BCUT2D eigenvalue weighted by Crippen LogP contribution is 2.13. The van der Waals surface area contributed by atoms with Gasteiger partial charge in [-0.2, -0.15) is 0 Å². The van der Waals surface area contributed by atoms with Crippen molar-refractivity contribution >= 4 is 7.12 Å². The first-order valence-corrected chi connectivity index (χ1v) is 5.38. The first kappa shape index (κ1) is 11.0. The molecule has 0 aromatic rings. The number of hydrogen-bond acceptors (Lipinski definition) is 3. The van der Waals surface area contributed by atoms with Crippen molar-refractivity contribution in [3.63, 3.8) is 0 Å². The molecule has 1 rings (SSSR count). The Labute approximate surface area is 80.7 Å². The van der Waals surface area contributed by atoms with Gasteiger partial charge in [0.25, 0.3) is 0 Å². The van der Waals surface area contributed by atoms with Crippen LogP contribution in [0.2, 0.25) is 6.32 Å². The molecule has 1 aliphatic rings. The minimum atomic E-state index is -1.11. The van der Waals surface area contributed by atoms with Gasteiger partial charge in [-0.05, 0) is 32.1 Å². The predicted octanol–water partition coefficient (Wildman–Crippen LogP) is 0.772. The Hall–Kier alpha value is -0.0551. The van der Waals surface area contributed by atoms with Crippen LogP contribution in [0.4, 0.5) is 0 Å². The summed E-state index contributed by atoms with van der Waals surface area (Å²) in [6, 6.07) is 0.685. The fourth-order valence-corrected chi connectivity index (χ4v) is 1.89. The van der Waals surface area contributed by atoms with Gasteiger partial charge in [0.05, 0.1) is 0 Å². The molecule has 1 aliphatic heterocycles. The van der Waals surface area contributed by atoms with Crippen molar-refractivity contribution in [2.45, 2.75) is 50.9 Å². The molecule has 0 aliphatic carbocycles. The van der Waals surface area contributed by atoms with E-state index < -0.39 is 7.12 Å². The Morgan fingerprint density at radius 2 is 2.08 bits per heavy atom. The minimum Gasteiger partial charge on any atom is -0.427 e. The molecule has 0 saturated carbocycles. The molecule has 1 saturated heterocycles. The van der Waals surface area contributed by atoms with E-state index in [2.05, 4.69) is 5.32 Å². The molecule has 0 unspecified atom stereocenters. The van der Waals surface area contributed by atoms with Crippen LogP contribution in [0, 0.1) is 0 Å². The first-order valence-electron chi connectivity index (χ1n) is 5.38. The fourth-order valence-electron chi connectivity index (χ4n) is 1.89. The van der Waals surface area contributed by atoms with Crippen molar-refractivity contribution in [3.8, 4) is 0 Å². The summed E-state index contributed by atoms with van der Waals surface area (Å²) in [5.41, 5.74) is 0. The van der Waals surface area contributed by atoms with E-state index >= 15 is 0 Å². The van der Waals surface area contributed by atoms with Crippen LogP contribution in [0.3, 0.4) is 0 Å². The van der Waals surface area contributed by atoms with E-state index in [0.717, 1.165) is 19.4 Å². The van der Waals surface area contributed by atoms with Crippen molar-refractivity contribution in [3.05, 3.63) is 0 Å². The summed E-state index contributed by atoms with van der Waals surface area (Å²) in [4.78, 5) is 0. The van der Waals surface area contributed by atoms with Crippen LogP contribution < -0.4 is 5.32 Å². The molecular formula is C9H20BNO2. The summed E-state index contributed by atoms with van der Waals surface area (Å²) in [6.07, 6.45) is 7.69. The third-order valence-corrected chi connectivity index (χ3v) is 2.68. The quantitative estimate of drug-likeness (QED) is 0.438. The summed E-state index contributed by atoms with van der Waals surface area (Å²) in [5, 5.41) is 20.7. The highest BCUT2D eigenvalue weighted by molar-refractivity contribution is 6.40. The van der Waals surface area contributed by atoms with Crippen LogP contribution in [0.15, 0.2) is 0 Å². The van der Waals surface area contributed by atoms with Crippen molar-refractivity contribution in [2.24, 2.45) is 0 Å². The molecule has 0 radical (unpaired) electrons. The number of hydrogen-bond donors (Lipinski definition) is 3. The van der Waals surface area contributed by atoms with Gasteiger partial charge < -0.3 is 15.4 Å². The Bertz CT molecular complexity index is 127. The van der Waals surface area contributed by atoms with E-state index in [-0.39, 0.29) is 0 Å². The molecule has 0 aromatic heterocycles. The van der Waals surface area contributed by atoms with Gasteiger partial charge in [-0.15, -0.1) is 0 Å². The van der Waals surface area contributed by atoms with Crippen molar-refractivity contribution in [2.75, 3.05) is 6.54 Å². The maximum atomic E-state index is 8.63. The molecule has 0 spiro atoms. The van der Waals surface area contributed by atoms with Crippen LogP contribution >= 0.6 is 0 Å². The second-order valence-electron chi connectivity index (χ2n) is 3.91. The van der Waals surface area contributed by atoms with Gasteiger partial charge in [0.1, 0.15) is 0 Å². The number of nitrogens with one attached hydrogen (secondary N) is 1. The highest BCUT2D eigenvalue weighted by atomic mass is 16.4. The van der Waals surface area contributed by atoms with Gasteiger partial charge in [0.2, 0.25) is 0 Å². The van der Waals surface area contributed by atoms with Crippen LogP contribution in [0.25, 0.3) is 0 Å². The van der Waals surface area contributed by atoms with Gasteiger partial charge in [0, 0.05) is 6.04 Å². The van der Waals surface area contributed by atoms with Crippen molar-refractivity contribution < 1.29 is 10.0 Å². The molecule has 1 atom stereocenters. The molecule has 76 valence electrons. The smallest absolute Gasteiger partial charge is 0.427 e. The fraction of sp³-hybridized carbons (Fsp3) is 1.00. The number of rotatable bonds is 5. The van der Waals surface area contributed by atoms with Gasteiger partial charge in [-0.25, -0.2) is 0 Å². The Morgan fingerprint density at radius 3 is 2.69 bits per heavy atom. The second-order valence-corrected chi connectivity index (χ2v) is 3.91. The van der Waals surface area contributed by atoms with E-state index in [1.807, 2.05) is 0 Å². The average Bonchev–Trinajstić information content (AvgIpc) is 2.14. The van der Waals surface area contributed by atoms with E-state index in [1.54, 1.807) is 0 Å². The summed E-state index contributed by atoms with van der Waals surface area (Å²) in [6.45, 7) is 1.16. The predicted molar refractivity (Wildman–Crippen MR) is 54.5 cm³/mol. The van der Waals surface area contributed by atoms with Crippen molar-refractivity contribution in [1.82, 2.24) is 5.32 Å². The summed E-state index contributed by atoms with van der Waals surface area (Å²) >= 11 is 0. The number of unbranched alkanes of at least 4 members (excludes halogenated alkanes) is 1. The summed E-state index contributed by atoms with van der Waals surface area (Å²) in [7, 11) is -1.11. The Balaban J connectivity index is 1.92. The second kappa shape index (κ2) is 6.41. The van der Waals surface area contributed by atoms with E-state index in [0.29, 0.717) is 12.4 Å². The third kappa shape index (κ3) is 5.29. The SMILES string of the molecule is OB(O)CCCC[C@@H]1CCCCN1. The molecule has 1 fully saturated rings. The standard InChI is InChI=1S/C9H20BNO2/c12-10(13)7-3-1-5-9-6-2-4-8-11-9/h9,11-13H,1-8H2/t9-/m1/s1. The third-order valence-electron chi connectivity index (χ3n) is 2.68. The number of piperidine rings is 1. The minimum absolute atomic E-state index is 0.521. The lowest BCUT2D eigenvalue weighted by Crippen LogP contribution is -2.33.